The molecular formula is C16H23N3O10. The maximum absolute atomic E-state index is 10.6. The summed E-state index contributed by atoms with van der Waals surface area (Å²) in [5.74, 6) is -5.45. The second-order valence-corrected chi connectivity index (χ2v) is 5.84. The number of carboxylic acids is 4. The van der Waals surface area contributed by atoms with E-state index in [1.54, 1.807) is 0 Å². The van der Waals surface area contributed by atoms with E-state index in [-0.39, 0.29) is 24.9 Å². The van der Waals surface area contributed by atoms with Crippen LogP contribution < -0.4 is 5.32 Å². The highest BCUT2D eigenvalue weighted by molar-refractivity contribution is 6.16. The Morgan fingerprint density at radius 2 is 1.14 bits per heavy atom. The van der Waals surface area contributed by atoms with E-state index in [2.05, 4.69) is 5.32 Å². The molecule has 0 aromatic heterocycles. The van der Waals surface area contributed by atoms with Crippen LogP contribution in [0.1, 0.15) is 13.3 Å². The zero-order valence-electron chi connectivity index (χ0n) is 15.7. The molecule has 0 aromatic carbocycles. The number of carbonyl (C=O) groups excluding carboxylic acids is 2. The molecule has 162 valence electrons. The van der Waals surface area contributed by atoms with Crippen LogP contribution >= 0.6 is 0 Å². The number of amides is 2. The summed E-state index contributed by atoms with van der Waals surface area (Å²) in [6, 6.07) is 0. The van der Waals surface area contributed by atoms with Gasteiger partial charge in [-0.1, -0.05) is 6.92 Å². The van der Waals surface area contributed by atoms with Crippen molar-refractivity contribution in [2.75, 3.05) is 39.3 Å². The van der Waals surface area contributed by atoms with E-state index >= 15 is 0 Å². The van der Waals surface area contributed by atoms with Crippen molar-refractivity contribution >= 4 is 35.7 Å². The number of nitrogens with one attached hydrogen (secondary N) is 1. The molecular weight excluding hydrogens is 394 g/mol. The molecule has 2 amide bonds. The number of carboxylic acid groups (broad SMARTS) is 4. The molecule has 13 nitrogen and oxygen atoms in total. The largest absolute Gasteiger partial charge is 0.480 e. The normalized spacial score (nSPS) is 12.9. The van der Waals surface area contributed by atoms with Gasteiger partial charge < -0.3 is 20.4 Å². The summed E-state index contributed by atoms with van der Waals surface area (Å²) in [4.78, 5) is 65.4. The van der Waals surface area contributed by atoms with Crippen molar-refractivity contribution < 1.29 is 49.2 Å². The smallest absolute Gasteiger partial charge is 0.317 e. The van der Waals surface area contributed by atoms with Crippen LogP contribution in [0.15, 0.2) is 11.6 Å². The molecule has 0 saturated carbocycles. The van der Waals surface area contributed by atoms with Crippen LogP contribution in [0.3, 0.4) is 0 Å². The van der Waals surface area contributed by atoms with Gasteiger partial charge in [-0.15, -0.1) is 0 Å². The third-order valence-electron chi connectivity index (χ3n) is 3.38. The number of aliphatic carboxylic acids is 4. The molecule has 1 aliphatic heterocycles. The van der Waals surface area contributed by atoms with Crippen molar-refractivity contribution in [1.82, 2.24) is 15.1 Å². The van der Waals surface area contributed by atoms with E-state index in [9.17, 15) is 28.8 Å². The highest BCUT2D eigenvalue weighted by Crippen LogP contribution is 2.04. The summed E-state index contributed by atoms with van der Waals surface area (Å²) in [7, 11) is 0. The molecule has 0 fully saturated rings. The number of nitrogens with zero attached hydrogens (tertiary/aromatic N) is 2. The molecule has 0 radical (unpaired) electrons. The lowest BCUT2D eigenvalue weighted by atomic mass is 10.2. The maximum atomic E-state index is 10.6. The Morgan fingerprint density at radius 3 is 1.31 bits per heavy atom. The average Bonchev–Trinajstić information content (AvgIpc) is 2.88. The lowest BCUT2D eigenvalue weighted by Crippen LogP contribution is -2.43. The van der Waals surface area contributed by atoms with E-state index in [0.29, 0.717) is 12.0 Å². The predicted molar refractivity (Wildman–Crippen MR) is 94.9 cm³/mol. The van der Waals surface area contributed by atoms with Crippen LogP contribution in [-0.4, -0.2) is 105 Å². The van der Waals surface area contributed by atoms with Crippen LogP contribution in [0.4, 0.5) is 0 Å². The summed E-state index contributed by atoms with van der Waals surface area (Å²) in [5, 5.41) is 36.6. The lowest BCUT2D eigenvalue weighted by molar-refractivity contribution is -0.145. The Labute approximate surface area is 165 Å². The van der Waals surface area contributed by atoms with Crippen molar-refractivity contribution in [1.29, 1.82) is 0 Å². The minimum Gasteiger partial charge on any atom is -0.480 e. The van der Waals surface area contributed by atoms with Gasteiger partial charge >= 0.3 is 23.9 Å². The number of rotatable bonds is 12. The second-order valence-electron chi connectivity index (χ2n) is 5.84. The van der Waals surface area contributed by atoms with E-state index in [1.807, 2.05) is 6.92 Å². The fourth-order valence-electron chi connectivity index (χ4n) is 2.19. The topological polar surface area (TPSA) is 202 Å². The lowest BCUT2D eigenvalue weighted by Gasteiger charge is -2.23. The van der Waals surface area contributed by atoms with E-state index in [1.165, 1.54) is 6.08 Å². The molecule has 0 aliphatic carbocycles. The van der Waals surface area contributed by atoms with Gasteiger partial charge in [0, 0.05) is 24.7 Å². The Balaban J connectivity index is 0.000000717. The summed E-state index contributed by atoms with van der Waals surface area (Å²) in [6.45, 7) is -0.413. The summed E-state index contributed by atoms with van der Waals surface area (Å²) < 4.78 is 0. The third-order valence-corrected chi connectivity index (χ3v) is 3.38. The third kappa shape index (κ3) is 12.6. The maximum Gasteiger partial charge on any atom is 0.317 e. The van der Waals surface area contributed by atoms with Gasteiger partial charge in [0.25, 0.3) is 11.8 Å². The summed E-state index contributed by atoms with van der Waals surface area (Å²) >= 11 is 0. The zero-order chi connectivity index (χ0) is 22.6. The molecule has 0 unspecified atom stereocenters. The van der Waals surface area contributed by atoms with Gasteiger partial charge in [0.05, 0.1) is 26.2 Å². The summed E-state index contributed by atoms with van der Waals surface area (Å²) in [6.07, 6.45) is 1.96. The predicted octanol–water partition coefficient (Wildman–Crippen LogP) is -2.09. The molecule has 5 N–H and O–H groups in total. The number of hydrogen-bond donors (Lipinski definition) is 5. The first-order valence-corrected chi connectivity index (χ1v) is 8.32. The van der Waals surface area contributed by atoms with Crippen molar-refractivity contribution in [2.24, 2.45) is 0 Å². The summed E-state index contributed by atoms with van der Waals surface area (Å²) in [5.41, 5.74) is 0.569. The van der Waals surface area contributed by atoms with Crippen molar-refractivity contribution in [3.63, 3.8) is 0 Å². The molecule has 0 atom stereocenters. The molecule has 1 aliphatic rings. The second kappa shape index (κ2) is 13.0. The van der Waals surface area contributed by atoms with Crippen LogP contribution in [-0.2, 0) is 28.8 Å². The minimum absolute atomic E-state index is 0.0703. The molecule has 0 bridgehead atoms. The van der Waals surface area contributed by atoms with Gasteiger partial charge in [-0.25, -0.2) is 0 Å². The minimum atomic E-state index is -1.23. The number of hydrogen-bond acceptors (Lipinski definition) is 8. The fourth-order valence-corrected chi connectivity index (χ4v) is 2.19. The van der Waals surface area contributed by atoms with Crippen LogP contribution in [0, 0.1) is 0 Å². The van der Waals surface area contributed by atoms with Gasteiger partial charge in [0.1, 0.15) is 0 Å². The van der Waals surface area contributed by atoms with Crippen molar-refractivity contribution in [2.45, 2.75) is 13.3 Å². The van der Waals surface area contributed by atoms with E-state index < -0.39 is 50.1 Å². The van der Waals surface area contributed by atoms with Gasteiger partial charge in [-0.3, -0.25) is 43.9 Å². The standard InChI is InChI=1S/C10H16N2O8.C6H7NO2/c13-7(14)3-11(4-8(15)16)1-2-12(5-9(17)18)6-10(19)20;1-2-4-3-5(8)7-6(4)9/h1-6H2,(H,13,14)(H,15,16)(H,17,18)(H,19,20);3H,2H2,1H3,(H,7,8,9). The van der Waals surface area contributed by atoms with Crippen LogP contribution in [0.2, 0.25) is 0 Å². The first kappa shape index (κ1) is 25.7. The van der Waals surface area contributed by atoms with E-state index in [4.69, 9.17) is 20.4 Å². The molecule has 13 heteroatoms. The molecule has 0 saturated heterocycles. The molecule has 29 heavy (non-hydrogen) atoms. The number of carbonyl (C=O) groups is 6. The Morgan fingerprint density at radius 1 is 0.793 bits per heavy atom. The molecule has 0 aromatic rings. The van der Waals surface area contributed by atoms with Gasteiger partial charge in [-0.2, -0.15) is 0 Å². The van der Waals surface area contributed by atoms with Gasteiger partial charge in [0.15, 0.2) is 0 Å². The zero-order valence-corrected chi connectivity index (χ0v) is 15.7. The van der Waals surface area contributed by atoms with Gasteiger partial charge in [0.2, 0.25) is 0 Å². The van der Waals surface area contributed by atoms with Crippen molar-refractivity contribution in [3.05, 3.63) is 11.6 Å². The van der Waals surface area contributed by atoms with Crippen LogP contribution in [0.5, 0.6) is 0 Å². The van der Waals surface area contributed by atoms with Crippen LogP contribution in [0.25, 0.3) is 0 Å². The van der Waals surface area contributed by atoms with E-state index in [0.717, 1.165) is 9.80 Å². The SMILES string of the molecule is CCC1=CC(=O)NC1=O.O=C(O)CN(CCN(CC(=O)O)CC(=O)O)CC(=O)O. The Hall–Kier alpha value is -3.32. The Bertz CT molecular complexity index is 620. The Kier molecular flexibility index (Phi) is 11.5. The molecule has 1 heterocycles. The average molecular weight is 417 g/mol. The number of imide groups is 1. The first-order chi connectivity index (χ1) is 13.4. The monoisotopic (exact) mass is 417 g/mol. The molecule has 0 spiro atoms. The quantitative estimate of drug-likeness (QED) is 0.217. The highest BCUT2D eigenvalue weighted by atomic mass is 16.4. The van der Waals surface area contributed by atoms with Crippen molar-refractivity contribution in [3.8, 4) is 0 Å². The highest BCUT2D eigenvalue weighted by Gasteiger charge is 2.18. The molecule has 1 rings (SSSR count). The fraction of sp³-hybridized carbons (Fsp3) is 0.500. The first-order valence-electron chi connectivity index (χ1n) is 8.32. The van der Waals surface area contributed by atoms with Gasteiger partial charge in [-0.05, 0) is 6.42 Å².